The second-order valence-electron chi connectivity index (χ2n) is 3.01. The highest BCUT2D eigenvalue weighted by Gasteiger charge is 2.17. The SMILES string of the molecule is C=CCOC(=O)Nc1nc(F)nc2[nH+]c[nH]c12. The molecule has 3 N–H and O–H groups in total. The standard InChI is InChI=1S/C9H8FN5O2/c1-2-3-17-9(16)15-7-5-6(12-4-11-5)13-8(10)14-7/h2,4H,1,3H2,(H2,11,12,13,14,15,16)/p+1. The third-order valence-electron chi connectivity index (χ3n) is 1.86. The van der Waals surface area contributed by atoms with Gasteiger partial charge in [0.15, 0.2) is 12.1 Å². The van der Waals surface area contributed by atoms with E-state index in [-0.39, 0.29) is 18.1 Å². The van der Waals surface area contributed by atoms with Crippen LogP contribution in [-0.4, -0.2) is 27.7 Å². The number of halogens is 1. The molecule has 0 aliphatic rings. The van der Waals surface area contributed by atoms with Crippen molar-refractivity contribution in [2.24, 2.45) is 0 Å². The number of nitrogens with one attached hydrogen (secondary N) is 3. The number of carbonyl (C=O) groups excluding carboxylic acids is 1. The number of amides is 1. The van der Waals surface area contributed by atoms with Crippen molar-refractivity contribution in [3.8, 4) is 0 Å². The maximum absolute atomic E-state index is 13.0. The van der Waals surface area contributed by atoms with Crippen molar-refractivity contribution in [2.75, 3.05) is 11.9 Å². The molecule has 2 aromatic rings. The molecule has 17 heavy (non-hydrogen) atoms. The van der Waals surface area contributed by atoms with Gasteiger partial charge in [0.1, 0.15) is 6.61 Å². The Labute approximate surface area is 94.7 Å². The number of aromatic nitrogens is 4. The molecule has 8 heteroatoms. The second-order valence-corrected chi connectivity index (χ2v) is 3.01. The van der Waals surface area contributed by atoms with Gasteiger partial charge in [-0.05, 0) is 4.98 Å². The number of nitrogens with zero attached hydrogens (tertiary/aromatic N) is 2. The van der Waals surface area contributed by atoms with Crippen LogP contribution < -0.4 is 10.3 Å². The number of ether oxygens (including phenoxy) is 1. The lowest BCUT2D eigenvalue weighted by molar-refractivity contribution is -0.347. The monoisotopic (exact) mass is 238 g/mol. The minimum Gasteiger partial charge on any atom is -0.445 e. The van der Waals surface area contributed by atoms with Crippen molar-refractivity contribution in [3.05, 3.63) is 25.1 Å². The largest absolute Gasteiger partial charge is 0.445 e. The summed E-state index contributed by atoms with van der Waals surface area (Å²) in [7, 11) is 0. The molecule has 0 aromatic carbocycles. The summed E-state index contributed by atoms with van der Waals surface area (Å²) >= 11 is 0. The van der Waals surface area contributed by atoms with E-state index in [9.17, 15) is 9.18 Å². The van der Waals surface area contributed by atoms with Crippen LogP contribution in [0, 0.1) is 6.08 Å². The Bertz CT molecular complexity index is 568. The van der Waals surface area contributed by atoms with Crippen molar-refractivity contribution >= 4 is 23.1 Å². The molecule has 0 atom stereocenters. The normalized spacial score (nSPS) is 10.2. The minimum atomic E-state index is -0.952. The number of anilines is 1. The van der Waals surface area contributed by atoms with E-state index in [2.05, 4.69) is 36.6 Å². The molecule has 0 bridgehead atoms. The molecule has 1 amide bonds. The number of hydrogen-bond donors (Lipinski definition) is 2. The Kier molecular flexibility index (Phi) is 2.95. The van der Waals surface area contributed by atoms with Crippen molar-refractivity contribution in [1.29, 1.82) is 0 Å². The highest BCUT2D eigenvalue weighted by Crippen LogP contribution is 2.14. The van der Waals surface area contributed by atoms with Crippen molar-refractivity contribution < 1.29 is 18.9 Å². The first-order chi connectivity index (χ1) is 8.20. The van der Waals surface area contributed by atoms with E-state index in [1.54, 1.807) is 0 Å². The summed E-state index contributed by atoms with van der Waals surface area (Å²) in [4.78, 5) is 23.6. The molecule has 0 saturated heterocycles. The lowest BCUT2D eigenvalue weighted by Gasteiger charge is -2.02. The lowest BCUT2D eigenvalue weighted by Crippen LogP contribution is -2.16. The average Bonchev–Trinajstić information content (AvgIpc) is 2.74. The molecule has 0 spiro atoms. The van der Waals surface area contributed by atoms with E-state index in [1.165, 1.54) is 12.4 Å². The molecule has 0 aliphatic heterocycles. The molecule has 0 unspecified atom stereocenters. The molecular weight excluding hydrogens is 229 g/mol. The number of carbonyl (C=O) groups is 1. The Morgan fingerprint density at radius 2 is 2.53 bits per heavy atom. The van der Waals surface area contributed by atoms with Crippen LogP contribution in [0.2, 0.25) is 0 Å². The predicted octanol–water partition coefficient (Wildman–Crippen LogP) is 0.646. The van der Waals surface area contributed by atoms with Gasteiger partial charge in [-0.1, -0.05) is 12.7 Å². The van der Waals surface area contributed by atoms with Crippen LogP contribution in [0.5, 0.6) is 0 Å². The Morgan fingerprint density at radius 1 is 1.71 bits per heavy atom. The van der Waals surface area contributed by atoms with Crippen molar-refractivity contribution in [2.45, 2.75) is 0 Å². The number of aromatic amines is 2. The van der Waals surface area contributed by atoms with Gasteiger partial charge >= 0.3 is 17.8 Å². The first-order valence-electron chi connectivity index (χ1n) is 4.67. The summed E-state index contributed by atoms with van der Waals surface area (Å²) in [6.07, 6.45) is 1.16. The van der Waals surface area contributed by atoms with Gasteiger partial charge in [0.2, 0.25) is 5.52 Å². The summed E-state index contributed by atoms with van der Waals surface area (Å²) in [5.74, 6) is 0.00260. The van der Waals surface area contributed by atoms with E-state index in [0.29, 0.717) is 5.52 Å². The van der Waals surface area contributed by atoms with Crippen LogP contribution in [-0.2, 0) is 4.74 Å². The Hall–Kier alpha value is -2.51. The van der Waals surface area contributed by atoms with Gasteiger partial charge in [0.25, 0.3) is 0 Å². The zero-order chi connectivity index (χ0) is 12.3. The average molecular weight is 238 g/mol. The van der Waals surface area contributed by atoms with Crippen LogP contribution >= 0.6 is 0 Å². The Morgan fingerprint density at radius 3 is 3.29 bits per heavy atom. The summed E-state index contributed by atoms with van der Waals surface area (Å²) in [5.41, 5.74) is 0.624. The maximum atomic E-state index is 13.0. The first-order valence-corrected chi connectivity index (χ1v) is 4.67. The van der Waals surface area contributed by atoms with Crippen LogP contribution in [0.3, 0.4) is 0 Å². The number of fused-ring (bicyclic) bond motifs is 1. The van der Waals surface area contributed by atoms with Gasteiger partial charge in [-0.2, -0.15) is 4.98 Å². The van der Waals surface area contributed by atoms with Gasteiger partial charge in [-0.3, -0.25) is 10.3 Å². The predicted molar refractivity (Wildman–Crippen MR) is 55.6 cm³/mol. The molecule has 7 nitrogen and oxygen atoms in total. The molecular formula is C9H9FN5O2+. The molecule has 2 heterocycles. The fourth-order valence-electron chi connectivity index (χ4n) is 1.21. The molecule has 0 aliphatic carbocycles. The van der Waals surface area contributed by atoms with Gasteiger partial charge < -0.3 is 4.74 Å². The van der Waals surface area contributed by atoms with E-state index < -0.39 is 12.2 Å². The first kappa shape index (κ1) is 11.0. The molecule has 0 saturated carbocycles. The van der Waals surface area contributed by atoms with E-state index >= 15 is 0 Å². The number of hydrogen-bond acceptors (Lipinski definition) is 4. The van der Waals surface area contributed by atoms with Gasteiger partial charge in [-0.25, -0.2) is 9.78 Å². The van der Waals surface area contributed by atoms with E-state index in [0.717, 1.165) is 0 Å². The number of rotatable bonds is 3. The smallest absolute Gasteiger partial charge is 0.413 e. The summed E-state index contributed by atoms with van der Waals surface area (Å²) in [5, 5.41) is 2.30. The van der Waals surface area contributed by atoms with Crippen LogP contribution in [0.15, 0.2) is 19.0 Å². The zero-order valence-corrected chi connectivity index (χ0v) is 8.66. The van der Waals surface area contributed by atoms with Crippen molar-refractivity contribution in [3.63, 3.8) is 0 Å². The van der Waals surface area contributed by atoms with E-state index in [4.69, 9.17) is 0 Å². The fraction of sp³-hybridized carbons (Fsp3) is 0.111. The van der Waals surface area contributed by atoms with Crippen LogP contribution in [0.1, 0.15) is 0 Å². The maximum Gasteiger partial charge on any atom is 0.413 e. The molecule has 0 radical (unpaired) electrons. The molecule has 2 rings (SSSR count). The summed E-state index contributed by atoms with van der Waals surface area (Å²) in [6.45, 7) is 3.45. The molecule has 88 valence electrons. The number of H-pyrrole nitrogens is 2. The third kappa shape index (κ3) is 2.36. The van der Waals surface area contributed by atoms with Gasteiger partial charge in [0.05, 0.1) is 0 Å². The highest BCUT2D eigenvalue weighted by molar-refractivity contribution is 5.92. The number of imidazole rings is 1. The van der Waals surface area contributed by atoms with Gasteiger partial charge in [0, 0.05) is 0 Å². The van der Waals surface area contributed by atoms with Crippen LogP contribution in [0.4, 0.5) is 15.0 Å². The Balaban J connectivity index is 2.25. The fourth-order valence-corrected chi connectivity index (χ4v) is 1.21. The zero-order valence-electron chi connectivity index (χ0n) is 8.66. The van der Waals surface area contributed by atoms with E-state index in [1.807, 2.05) is 0 Å². The van der Waals surface area contributed by atoms with Crippen molar-refractivity contribution in [1.82, 2.24) is 15.0 Å². The second kappa shape index (κ2) is 4.56. The topological polar surface area (TPSA) is 94.0 Å². The van der Waals surface area contributed by atoms with Crippen LogP contribution in [0.25, 0.3) is 11.2 Å². The molecule has 0 fully saturated rings. The third-order valence-corrected chi connectivity index (χ3v) is 1.86. The lowest BCUT2D eigenvalue weighted by atomic mass is 10.5. The minimum absolute atomic E-state index is 0.00260. The van der Waals surface area contributed by atoms with Gasteiger partial charge in [-0.15, -0.1) is 4.39 Å². The summed E-state index contributed by atoms with van der Waals surface area (Å²) in [6, 6.07) is 0. The summed E-state index contributed by atoms with van der Waals surface area (Å²) < 4.78 is 17.7. The highest BCUT2D eigenvalue weighted by atomic mass is 19.1. The quantitative estimate of drug-likeness (QED) is 0.606. The molecule has 2 aromatic heterocycles.